The van der Waals surface area contributed by atoms with Gasteiger partial charge in [0.2, 0.25) is 0 Å². The van der Waals surface area contributed by atoms with Gasteiger partial charge in [0.1, 0.15) is 0 Å². The number of benzene rings is 5. The van der Waals surface area contributed by atoms with E-state index in [0.29, 0.717) is 0 Å². The quantitative estimate of drug-likeness (QED) is 0.256. The van der Waals surface area contributed by atoms with Gasteiger partial charge in [0.25, 0.3) is 0 Å². The van der Waals surface area contributed by atoms with E-state index in [1.807, 2.05) is 0 Å². The molecule has 0 fully saturated rings. The third-order valence-electron chi connectivity index (χ3n) is 7.14. The van der Waals surface area contributed by atoms with Crippen molar-refractivity contribution in [3.05, 3.63) is 96.1 Å². The highest BCUT2D eigenvalue weighted by atomic mass is 14.7. The van der Waals surface area contributed by atoms with Crippen LogP contribution in [-0.4, -0.2) is 4.98 Å². The highest BCUT2D eigenvalue weighted by Gasteiger charge is 2.38. The van der Waals surface area contributed by atoms with Gasteiger partial charge in [0.15, 0.2) is 0 Å². The van der Waals surface area contributed by atoms with Crippen molar-refractivity contribution >= 4 is 43.4 Å². The Balaban J connectivity index is 1.73. The summed E-state index contributed by atoms with van der Waals surface area (Å²) in [6.45, 7) is 4.76. The molecule has 0 atom stereocenters. The number of aromatic amines is 1. The lowest BCUT2D eigenvalue weighted by molar-refractivity contribution is 0.667. The van der Waals surface area contributed by atoms with Crippen molar-refractivity contribution in [1.29, 1.82) is 0 Å². The van der Waals surface area contributed by atoms with Gasteiger partial charge in [-0.05, 0) is 62.0 Å². The number of fused-ring (bicyclic) bond motifs is 11. The SMILES string of the molecule is CC1(C)c2cc3[nH]c4ccccc4c3cc2-c2c1c1ccccc1c1ccccc21. The van der Waals surface area contributed by atoms with E-state index in [0.717, 1.165) is 0 Å². The molecule has 0 radical (unpaired) electrons. The Kier molecular flexibility index (Phi) is 2.88. The van der Waals surface area contributed by atoms with E-state index >= 15 is 0 Å². The molecule has 0 amide bonds. The summed E-state index contributed by atoms with van der Waals surface area (Å²) in [6.07, 6.45) is 0. The lowest BCUT2D eigenvalue weighted by atomic mass is 9.79. The molecule has 1 heteroatoms. The van der Waals surface area contributed by atoms with Gasteiger partial charge in [0.05, 0.1) is 0 Å². The molecule has 1 heterocycles. The zero-order chi connectivity index (χ0) is 20.0. The summed E-state index contributed by atoms with van der Waals surface area (Å²) in [5.74, 6) is 0. The van der Waals surface area contributed by atoms with Crippen LogP contribution in [0.3, 0.4) is 0 Å². The van der Waals surface area contributed by atoms with Crippen LogP contribution in [-0.2, 0) is 5.41 Å². The number of para-hydroxylation sites is 1. The predicted octanol–water partition coefficient (Wildman–Crippen LogP) is 7.93. The Morgan fingerprint density at radius 2 is 1.17 bits per heavy atom. The van der Waals surface area contributed by atoms with E-state index in [4.69, 9.17) is 0 Å². The fourth-order valence-electron chi connectivity index (χ4n) is 5.83. The average molecular weight is 383 g/mol. The molecule has 6 aromatic rings. The van der Waals surface area contributed by atoms with Crippen LogP contribution in [0.1, 0.15) is 25.0 Å². The number of hydrogen-bond donors (Lipinski definition) is 1. The summed E-state index contributed by atoms with van der Waals surface area (Å²) in [4.78, 5) is 3.65. The minimum Gasteiger partial charge on any atom is -0.355 e. The first-order valence-electron chi connectivity index (χ1n) is 10.6. The second-order valence-electron chi connectivity index (χ2n) is 9.08. The molecule has 0 aliphatic heterocycles. The van der Waals surface area contributed by atoms with Crippen molar-refractivity contribution in [2.45, 2.75) is 19.3 Å². The highest BCUT2D eigenvalue weighted by molar-refractivity contribution is 6.19. The Labute approximate surface area is 175 Å². The van der Waals surface area contributed by atoms with E-state index in [9.17, 15) is 0 Å². The van der Waals surface area contributed by atoms with Crippen LogP contribution < -0.4 is 0 Å². The van der Waals surface area contributed by atoms with Crippen LogP contribution in [0, 0.1) is 0 Å². The molecule has 30 heavy (non-hydrogen) atoms. The van der Waals surface area contributed by atoms with Crippen LogP contribution in [0.25, 0.3) is 54.5 Å². The summed E-state index contributed by atoms with van der Waals surface area (Å²) >= 11 is 0. The largest absolute Gasteiger partial charge is 0.355 e. The smallest absolute Gasteiger partial charge is 0.0468 e. The molecule has 1 aliphatic carbocycles. The fraction of sp³-hybridized carbons (Fsp3) is 0.103. The molecular formula is C29H21N. The highest BCUT2D eigenvalue weighted by Crippen LogP contribution is 2.55. The number of nitrogens with one attached hydrogen (secondary N) is 1. The number of H-pyrrole nitrogens is 1. The molecule has 1 N–H and O–H groups in total. The molecule has 0 saturated heterocycles. The molecule has 5 aromatic carbocycles. The van der Waals surface area contributed by atoms with Gasteiger partial charge in [-0.15, -0.1) is 0 Å². The van der Waals surface area contributed by atoms with Gasteiger partial charge in [-0.25, -0.2) is 0 Å². The first-order valence-corrected chi connectivity index (χ1v) is 10.6. The minimum atomic E-state index is -0.0558. The van der Waals surface area contributed by atoms with Crippen molar-refractivity contribution in [3.63, 3.8) is 0 Å². The molecule has 1 nitrogen and oxygen atoms in total. The third-order valence-corrected chi connectivity index (χ3v) is 7.14. The second-order valence-corrected chi connectivity index (χ2v) is 9.08. The summed E-state index contributed by atoms with van der Waals surface area (Å²) in [6, 6.07) is 31.3. The van der Waals surface area contributed by atoms with Crippen molar-refractivity contribution in [2.24, 2.45) is 0 Å². The Morgan fingerprint density at radius 3 is 1.93 bits per heavy atom. The number of aromatic nitrogens is 1. The van der Waals surface area contributed by atoms with Gasteiger partial charge >= 0.3 is 0 Å². The maximum absolute atomic E-state index is 3.65. The standard InChI is InChI=1S/C29H21N/c1-29(2)24-16-26-22(19-11-7-8-14-25(19)30-26)15-23(24)27-20-12-5-3-9-17(20)18-10-4-6-13-21(18)28(27)29/h3-16,30H,1-2H3. The lowest BCUT2D eigenvalue weighted by Gasteiger charge is -2.24. The first-order chi connectivity index (χ1) is 14.6. The average Bonchev–Trinajstić information content (AvgIpc) is 3.25. The zero-order valence-corrected chi connectivity index (χ0v) is 17.1. The monoisotopic (exact) mass is 383 g/mol. The van der Waals surface area contributed by atoms with Crippen LogP contribution in [0.5, 0.6) is 0 Å². The molecule has 1 aromatic heterocycles. The normalized spacial score (nSPS) is 14.6. The van der Waals surface area contributed by atoms with Crippen molar-refractivity contribution in [3.8, 4) is 11.1 Å². The Bertz CT molecular complexity index is 1660. The maximum Gasteiger partial charge on any atom is 0.0468 e. The molecule has 0 saturated carbocycles. The van der Waals surface area contributed by atoms with E-state index < -0.39 is 0 Å². The molecule has 1 aliphatic rings. The van der Waals surface area contributed by atoms with Gasteiger partial charge < -0.3 is 4.98 Å². The fourth-order valence-corrected chi connectivity index (χ4v) is 5.83. The summed E-state index contributed by atoms with van der Waals surface area (Å²) in [5, 5.41) is 8.04. The maximum atomic E-state index is 3.65. The van der Waals surface area contributed by atoms with Gasteiger partial charge in [-0.2, -0.15) is 0 Å². The summed E-state index contributed by atoms with van der Waals surface area (Å²) < 4.78 is 0. The van der Waals surface area contributed by atoms with E-state index in [2.05, 4.69) is 104 Å². The molecule has 142 valence electrons. The van der Waals surface area contributed by atoms with Gasteiger partial charge in [0, 0.05) is 27.2 Å². The van der Waals surface area contributed by atoms with E-state index in [1.165, 1.54) is 65.6 Å². The number of hydrogen-bond acceptors (Lipinski definition) is 0. The minimum absolute atomic E-state index is 0.0558. The topological polar surface area (TPSA) is 15.8 Å². The van der Waals surface area contributed by atoms with Crippen LogP contribution in [0.2, 0.25) is 0 Å². The molecule has 0 bridgehead atoms. The number of rotatable bonds is 0. The third kappa shape index (κ3) is 1.84. The zero-order valence-electron chi connectivity index (χ0n) is 17.1. The molecular weight excluding hydrogens is 362 g/mol. The van der Waals surface area contributed by atoms with E-state index in [1.54, 1.807) is 0 Å². The van der Waals surface area contributed by atoms with Crippen LogP contribution >= 0.6 is 0 Å². The molecule has 0 unspecified atom stereocenters. The first kappa shape index (κ1) is 16.2. The Hall–Kier alpha value is -3.58. The summed E-state index contributed by atoms with van der Waals surface area (Å²) in [5.41, 5.74) is 8.05. The van der Waals surface area contributed by atoms with Crippen molar-refractivity contribution in [1.82, 2.24) is 4.98 Å². The second kappa shape index (κ2) is 5.31. The lowest BCUT2D eigenvalue weighted by Crippen LogP contribution is -2.15. The Morgan fingerprint density at radius 1 is 0.567 bits per heavy atom. The van der Waals surface area contributed by atoms with Gasteiger partial charge in [-0.3, -0.25) is 0 Å². The van der Waals surface area contributed by atoms with Crippen LogP contribution in [0.15, 0.2) is 84.9 Å². The van der Waals surface area contributed by atoms with Gasteiger partial charge in [-0.1, -0.05) is 80.6 Å². The van der Waals surface area contributed by atoms with Crippen LogP contribution in [0.4, 0.5) is 0 Å². The summed E-state index contributed by atoms with van der Waals surface area (Å²) in [7, 11) is 0. The molecule has 0 spiro atoms. The van der Waals surface area contributed by atoms with Crippen molar-refractivity contribution in [2.75, 3.05) is 0 Å². The van der Waals surface area contributed by atoms with Crippen molar-refractivity contribution < 1.29 is 0 Å². The predicted molar refractivity (Wildman–Crippen MR) is 128 cm³/mol. The molecule has 7 rings (SSSR count). The van der Waals surface area contributed by atoms with E-state index in [-0.39, 0.29) is 5.41 Å².